The van der Waals surface area contributed by atoms with Crippen LogP contribution in [0.4, 0.5) is 0 Å². The number of allylic oxidation sites excluding steroid dienone is 1. The van der Waals surface area contributed by atoms with E-state index in [0.29, 0.717) is 5.75 Å². The summed E-state index contributed by atoms with van der Waals surface area (Å²) in [7, 11) is 2.92. The van der Waals surface area contributed by atoms with Gasteiger partial charge in [0.15, 0.2) is 12.6 Å². The van der Waals surface area contributed by atoms with Crippen molar-refractivity contribution in [3.63, 3.8) is 0 Å². The van der Waals surface area contributed by atoms with Gasteiger partial charge in [-0.15, -0.1) is 0 Å². The zero-order valence-electron chi connectivity index (χ0n) is 12.9. The minimum Gasteiger partial charge on any atom is -0.507 e. The number of rotatable bonds is 7. The third-order valence-electron chi connectivity index (χ3n) is 2.98. The zero-order valence-corrected chi connectivity index (χ0v) is 12.9. The third-order valence-corrected chi connectivity index (χ3v) is 2.98. The SMILES string of the molecule is COCOc1cc(OC)cc(O)c1C(=O)/C=C/c1cccnc1. The Balaban J connectivity index is 2.32. The summed E-state index contributed by atoms with van der Waals surface area (Å²) in [5.74, 6) is -0.0673. The predicted molar refractivity (Wildman–Crippen MR) is 84.8 cm³/mol. The number of ether oxygens (including phenoxy) is 3. The lowest BCUT2D eigenvalue weighted by Gasteiger charge is -2.12. The normalized spacial score (nSPS) is 10.7. The fraction of sp³-hybridized carbons (Fsp3) is 0.176. The van der Waals surface area contributed by atoms with Crippen molar-refractivity contribution in [2.75, 3.05) is 21.0 Å². The molecule has 0 aliphatic carbocycles. The molecule has 1 aromatic carbocycles. The van der Waals surface area contributed by atoms with Gasteiger partial charge in [0.25, 0.3) is 0 Å². The first-order chi connectivity index (χ1) is 11.2. The number of phenolic OH excluding ortho intramolecular Hbond substituents is 1. The van der Waals surface area contributed by atoms with Gasteiger partial charge in [-0.1, -0.05) is 6.07 Å². The number of hydrogen-bond donors (Lipinski definition) is 1. The highest BCUT2D eigenvalue weighted by atomic mass is 16.7. The van der Waals surface area contributed by atoms with E-state index in [1.807, 2.05) is 6.07 Å². The van der Waals surface area contributed by atoms with E-state index in [9.17, 15) is 9.90 Å². The van der Waals surface area contributed by atoms with Gasteiger partial charge in [-0.05, 0) is 23.8 Å². The van der Waals surface area contributed by atoms with Gasteiger partial charge in [0.05, 0.1) is 7.11 Å². The second kappa shape index (κ2) is 7.95. The minimum atomic E-state index is -0.403. The molecular formula is C17H17NO5. The number of ketones is 1. The number of aromatic nitrogens is 1. The van der Waals surface area contributed by atoms with Crippen LogP contribution in [0, 0.1) is 0 Å². The van der Waals surface area contributed by atoms with Crippen LogP contribution in [-0.4, -0.2) is 36.9 Å². The average Bonchev–Trinajstić information content (AvgIpc) is 2.58. The lowest BCUT2D eigenvalue weighted by Crippen LogP contribution is -2.05. The topological polar surface area (TPSA) is 77.9 Å². The average molecular weight is 315 g/mol. The summed E-state index contributed by atoms with van der Waals surface area (Å²) < 4.78 is 15.3. The van der Waals surface area contributed by atoms with Crippen molar-refractivity contribution in [1.82, 2.24) is 4.98 Å². The molecule has 2 aromatic rings. The van der Waals surface area contributed by atoms with Gasteiger partial charge in [-0.2, -0.15) is 0 Å². The number of hydrogen-bond acceptors (Lipinski definition) is 6. The molecule has 1 N–H and O–H groups in total. The highest BCUT2D eigenvalue weighted by Gasteiger charge is 2.18. The Labute approximate surface area is 134 Å². The van der Waals surface area contributed by atoms with Crippen LogP contribution in [0.3, 0.4) is 0 Å². The minimum absolute atomic E-state index is 0.0444. The van der Waals surface area contributed by atoms with E-state index in [-0.39, 0.29) is 23.9 Å². The molecule has 0 amide bonds. The van der Waals surface area contributed by atoms with Crippen molar-refractivity contribution in [1.29, 1.82) is 0 Å². The largest absolute Gasteiger partial charge is 0.507 e. The molecular weight excluding hydrogens is 298 g/mol. The number of carbonyl (C=O) groups excluding carboxylic acids is 1. The zero-order chi connectivity index (χ0) is 16.7. The maximum Gasteiger partial charge on any atom is 0.193 e. The molecule has 0 aliphatic rings. The van der Waals surface area contributed by atoms with Gasteiger partial charge in [0.2, 0.25) is 0 Å². The lowest BCUT2D eigenvalue weighted by molar-refractivity contribution is 0.0500. The molecule has 0 bridgehead atoms. The van der Waals surface area contributed by atoms with Crippen LogP contribution in [0.1, 0.15) is 15.9 Å². The molecule has 0 unspecified atom stereocenters. The quantitative estimate of drug-likeness (QED) is 0.481. The second-order valence-corrected chi connectivity index (χ2v) is 4.55. The Bertz CT molecular complexity index is 698. The Morgan fingerprint density at radius 2 is 2.17 bits per heavy atom. The van der Waals surface area contributed by atoms with Crippen LogP contribution in [0.5, 0.6) is 17.2 Å². The molecule has 1 heterocycles. The van der Waals surface area contributed by atoms with E-state index in [0.717, 1.165) is 5.56 Å². The van der Waals surface area contributed by atoms with E-state index in [4.69, 9.17) is 14.2 Å². The summed E-state index contributed by atoms with van der Waals surface area (Å²) in [6.45, 7) is -0.0563. The summed E-state index contributed by atoms with van der Waals surface area (Å²) in [5.41, 5.74) is 0.816. The molecule has 0 saturated carbocycles. The monoisotopic (exact) mass is 315 g/mol. The van der Waals surface area contributed by atoms with Crippen molar-refractivity contribution >= 4 is 11.9 Å². The van der Waals surface area contributed by atoms with Crippen LogP contribution < -0.4 is 9.47 Å². The first kappa shape index (κ1) is 16.5. The lowest BCUT2D eigenvalue weighted by atomic mass is 10.1. The summed E-state index contributed by atoms with van der Waals surface area (Å²) in [4.78, 5) is 16.4. The number of phenols is 1. The fourth-order valence-corrected chi connectivity index (χ4v) is 1.91. The van der Waals surface area contributed by atoms with Gasteiger partial charge in [-0.25, -0.2) is 0 Å². The molecule has 23 heavy (non-hydrogen) atoms. The van der Waals surface area contributed by atoms with Gasteiger partial charge in [0, 0.05) is 31.6 Å². The highest BCUT2D eigenvalue weighted by Crippen LogP contribution is 2.34. The summed E-state index contributed by atoms with van der Waals surface area (Å²) >= 11 is 0. The van der Waals surface area contributed by atoms with Crippen LogP contribution in [-0.2, 0) is 4.74 Å². The summed E-state index contributed by atoms with van der Waals surface area (Å²) in [6, 6.07) is 6.45. The first-order valence-corrected chi connectivity index (χ1v) is 6.81. The Morgan fingerprint density at radius 1 is 1.35 bits per heavy atom. The molecule has 120 valence electrons. The first-order valence-electron chi connectivity index (χ1n) is 6.81. The summed E-state index contributed by atoms with van der Waals surface area (Å²) in [6.07, 6.45) is 6.22. The van der Waals surface area contributed by atoms with Gasteiger partial charge >= 0.3 is 0 Å². The van der Waals surface area contributed by atoms with Gasteiger partial charge in [0.1, 0.15) is 22.8 Å². The molecule has 1 aromatic heterocycles. The number of benzene rings is 1. The molecule has 0 spiro atoms. The summed E-state index contributed by atoms with van der Waals surface area (Å²) in [5, 5.41) is 10.1. The molecule has 0 radical (unpaired) electrons. The van der Waals surface area contributed by atoms with E-state index in [2.05, 4.69) is 4.98 Å². The number of methoxy groups -OCH3 is 2. The molecule has 6 nitrogen and oxygen atoms in total. The number of aromatic hydroxyl groups is 1. The number of pyridine rings is 1. The Morgan fingerprint density at radius 3 is 2.83 bits per heavy atom. The smallest absolute Gasteiger partial charge is 0.193 e. The van der Waals surface area contributed by atoms with Crippen LogP contribution in [0.15, 0.2) is 42.7 Å². The maximum absolute atomic E-state index is 12.4. The van der Waals surface area contributed by atoms with Crippen molar-refractivity contribution in [3.8, 4) is 17.2 Å². The van der Waals surface area contributed by atoms with Crippen LogP contribution >= 0.6 is 0 Å². The maximum atomic E-state index is 12.4. The highest BCUT2D eigenvalue weighted by molar-refractivity contribution is 6.10. The molecule has 2 rings (SSSR count). The standard InChI is InChI=1S/C17H17NO5/c1-21-11-23-16-9-13(22-2)8-15(20)17(16)14(19)6-5-12-4-3-7-18-10-12/h3-10,20H,11H2,1-2H3/b6-5+. The molecule has 6 heteroatoms. The van der Waals surface area contributed by atoms with Crippen LogP contribution in [0.2, 0.25) is 0 Å². The van der Waals surface area contributed by atoms with Gasteiger partial charge in [-0.3, -0.25) is 9.78 Å². The van der Waals surface area contributed by atoms with E-state index >= 15 is 0 Å². The Kier molecular flexibility index (Phi) is 5.71. The van der Waals surface area contributed by atoms with Gasteiger partial charge < -0.3 is 19.3 Å². The number of nitrogens with zero attached hydrogens (tertiary/aromatic N) is 1. The van der Waals surface area contributed by atoms with Crippen molar-refractivity contribution in [2.24, 2.45) is 0 Å². The molecule has 0 aliphatic heterocycles. The van der Waals surface area contributed by atoms with Crippen molar-refractivity contribution < 1.29 is 24.1 Å². The predicted octanol–water partition coefficient (Wildman–Crippen LogP) is 2.67. The molecule has 0 fully saturated rings. The van der Waals surface area contributed by atoms with Crippen molar-refractivity contribution in [2.45, 2.75) is 0 Å². The van der Waals surface area contributed by atoms with E-state index in [1.54, 1.807) is 24.5 Å². The molecule has 0 saturated heterocycles. The number of carbonyl (C=O) groups is 1. The molecule has 0 atom stereocenters. The second-order valence-electron chi connectivity index (χ2n) is 4.55. The van der Waals surface area contributed by atoms with Crippen LogP contribution in [0.25, 0.3) is 6.08 Å². The van der Waals surface area contributed by atoms with Crippen molar-refractivity contribution in [3.05, 3.63) is 53.9 Å². The van der Waals surface area contributed by atoms with E-state index in [1.165, 1.54) is 32.4 Å². The van der Waals surface area contributed by atoms with E-state index < -0.39 is 5.78 Å². The fourth-order valence-electron chi connectivity index (χ4n) is 1.91. The Hall–Kier alpha value is -2.86. The third kappa shape index (κ3) is 4.31.